The van der Waals surface area contributed by atoms with E-state index in [4.69, 9.17) is 4.74 Å². The molecule has 3 N–H and O–H groups in total. The van der Waals surface area contributed by atoms with Gasteiger partial charge < -0.3 is 20.5 Å². The highest BCUT2D eigenvalue weighted by molar-refractivity contribution is 5.86. The minimum atomic E-state index is -1.01. The summed E-state index contributed by atoms with van der Waals surface area (Å²) >= 11 is 0. The molecule has 0 heterocycles. The smallest absolute Gasteiger partial charge is 0.408 e. The summed E-state index contributed by atoms with van der Waals surface area (Å²) in [5.41, 5.74) is -0.643. The summed E-state index contributed by atoms with van der Waals surface area (Å²) in [6.07, 6.45) is -1.73. The molecule has 0 fully saturated rings. The average Bonchev–Trinajstić information content (AvgIpc) is 2.09. The Kier molecular flexibility index (Phi) is 5.23. The Bertz CT molecular complexity index is 258. The van der Waals surface area contributed by atoms with Crippen LogP contribution in [0, 0.1) is 0 Å². The fraction of sp³-hybridized carbons (Fsp3) is 0.800. The number of amides is 2. The van der Waals surface area contributed by atoms with Gasteiger partial charge >= 0.3 is 6.09 Å². The lowest BCUT2D eigenvalue weighted by atomic mass is 10.1. The van der Waals surface area contributed by atoms with Crippen LogP contribution in [-0.4, -0.2) is 41.9 Å². The zero-order valence-electron chi connectivity index (χ0n) is 10.3. The molecule has 0 spiro atoms. The van der Waals surface area contributed by atoms with E-state index in [1.165, 1.54) is 14.0 Å². The standard InChI is InChI=1S/C10H20N2O4/c1-6(13)7(8(14)11-5)12-9(15)16-10(2,3)4/h6-7,13H,1-5H3,(H,11,14)(H,12,15)/t6-,7+/m0/s1. The quantitative estimate of drug-likeness (QED) is 0.639. The van der Waals surface area contributed by atoms with Crippen molar-refractivity contribution < 1.29 is 19.4 Å². The van der Waals surface area contributed by atoms with Gasteiger partial charge in [0, 0.05) is 7.05 Å². The molecule has 0 aliphatic carbocycles. The first kappa shape index (κ1) is 14.7. The van der Waals surface area contributed by atoms with E-state index in [1.54, 1.807) is 20.8 Å². The van der Waals surface area contributed by atoms with Gasteiger partial charge in [-0.15, -0.1) is 0 Å². The third-order valence-corrected chi connectivity index (χ3v) is 1.68. The molecular weight excluding hydrogens is 212 g/mol. The van der Waals surface area contributed by atoms with Gasteiger partial charge in [0.15, 0.2) is 0 Å². The molecule has 0 bridgehead atoms. The number of hydrogen-bond acceptors (Lipinski definition) is 4. The maximum atomic E-state index is 11.4. The SMILES string of the molecule is CNC(=O)[C@H](NC(=O)OC(C)(C)C)[C@H](C)O. The average molecular weight is 232 g/mol. The second-order valence-electron chi connectivity index (χ2n) is 4.48. The maximum Gasteiger partial charge on any atom is 0.408 e. The first-order valence-electron chi connectivity index (χ1n) is 5.06. The second kappa shape index (κ2) is 5.69. The number of aliphatic hydroxyl groups is 1. The van der Waals surface area contributed by atoms with Gasteiger partial charge in [-0.25, -0.2) is 4.79 Å². The molecule has 2 amide bonds. The molecule has 0 aromatic rings. The normalized spacial score (nSPS) is 14.9. The summed E-state index contributed by atoms with van der Waals surface area (Å²) in [6.45, 7) is 6.55. The Morgan fingerprint density at radius 3 is 2.12 bits per heavy atom. The Hall–Kier alpha value is -1.30. The molecular formula is C10H20N2O4. The van der Waals surface area contributed by atoms with Crippen LogP contribution in [0.15, 0.2) is 0 Å². The van der Waals surface area contributed by atoms with Crippen molar-refractivity contribution in [2.75, 3.05) is 7.05 Å². The Morgan fingerprint density at radius 2 is 1.81 bits per heavy atom. The van der Waals surface area contributed by atoms with Crippen LogP contribution in [0.5, 0.6) is 0 Å². The fourth-order valence-electron chi connectivity index (χ4n) is 0.995. The Labute approximate surface area is 95.4 Å². The molecule has 6 nitrogen and oxygen atoms in total. The highest BCUT2D eigenvalue weighted by Gasteiger charge is 2.27. The van der Waals surface area contributed by atoms with Gasteiger partial charge in [-0.3, -0.25) is 4.79 Å². The number of carbonyl (C=O) groups is 2. The molecule has 2 atom stereocenters. The van der Waals surface area contributed by atoms with Crippen molar-refractivity contribution in [2.45, 2.75) is 45.4 Å². The molecule has 0 saturated carbocycles. The van der Waals surface area contributed by atoms with Crippen molar-refractivity contribution in [1.82, 2.24) is 10.6 Å². The zero-order chi connectivity index (χ0) is 12.9. The Morgan fingerprint density at radius 1 is 1.31 bits per heavy atom. The molecule has 0 rings (SSSR count). The minimum absolute atomic E-state index is 0.471. The van der Waals surface area contributed by atoms with Crippen molar-refractivity contribution >= 4 is 12.0 Å². The topological polar surface area (TPSA) is 87.7 Å². The van der Waals surface area contributed by atoms with Crippen molar-refractivity contribution in [3.05, 3.63) is 0 Å². The predicted octanol–water partition coefficient (Wildman–Crippen LogP) is 0.00650. The molecule has 0 aromatic heterocycles. The van der Waals surface area contributed by atoms with E-state index in [1.807, 2.05) is 0 Å². The largest absolute Gasteiger partial charge is 0.444 e. The zero-order valence-corrected chi connectivity index (χ0v) is 10.3. The van der Waals surface area contributed by atoms with Crippen LogP contribution in [0.1, 0.15) is 27.7 Å². The van der Waals surface area contributed by atoms with Crippen molar-refractivity contribution in [1.29, 1.82) is 0 Å². The second-order valence-corrected chi connectivity index (χ2v) is 4.48. The van der Waals surface area contributed by atoms with Crippen LogP contribution >= 0.6 is 0 Å². The molecule has 0 aromatic carbocycles. The third kappa shape index (κ3) is 5.55. The van der Waals surface area contributed by atoms with Crippen LogP contribution in [0.25, 0.3) is 0 Å². The maximum absolute atomic E-state index is 11.4. The van der Waals surface area contributed by atoms with E-state index in [2.05, 4.69) is 10.6 Å². The number of aliphatic hydroxyl groups excluding tert-OH is 1. The summed E-state index contributed by atoms with van der Waals surface area (Å²) in [7, 11) is 1.43. The Balaban J connectivity index is 4.42. The number of likely N-dealkylation sites (N-methyl/N-ethyl adjacent to an activating group) is 1. The number of hydrogen-bond donors (Lipinski definition) is 3. The van der Waals surface area contributed by atoms with Crippen LogP contribution in [0.2, 0.25) is 0 Å². The van der Waals surface area contributed by atoms with E-state index in [0.717, 1.165) is 0 Å². The van der Waals surface area contributed by atoms with E-state index in [-0.39, 0.29) is 0 Å². The van der Waals surface area contributed by atoms with E-state index in [9.17, 15) is 14.7 Å². The molecule has 6 heteroatoms. The highest BCUT2D eigenvalue weighted by atomic mass is 16.6. The summed E-state index contributed by atoms with van der Waals surface area (Å²) in [5, 5.41) is 14.0. The summed E-state index contributed by atoms with van der Waals surface area (Å²) < 4.78 is 4.97. The van der Waals surface area contributed by atoms with Gasteiger partial charge in [-0.1, -0.05) is 0 Å². The molecule has 0 radical (unpaired) electrons. The lowest BCUT2D eigenvalue weighted by Gasteiger charge is -2.24. The van der Waals surface area contributed by atoms with E-state index >= 15 is 0 Å². The number of ether oxygens (including phenoxy) is 1. The third-order valence-electron chi connectivity index (χ3n) is 1.68. The highest BCUT2D eigenvalue weighted by Crippen LogP contribution is 2.07. The van der Waals surface area contributed by atoms with Gasteiger partial charge in [-0.2, -0.15) is 0 Å². The molecule has 0 saturated heterocycles. The van der Waals surface area contributed by atoms with Crippen LogP contribution in [-0.2, 0) is 9.53 Å². The fourth-order valence-corrected chi connectivity index (χ4v) is 0.995. The number of alkyl carbamates (subject to hydrolysis) is 1. The number of rotatable bonds is 3. The lowest BCUT2D eigenvalue weighted by Crippen LogP contribution is -2.52. The van der Waals surface area contributed by atoms with Crippen LogP contribution < -0.4 is 10.6 Å². The van der Waals surface area contributed by atoms with Gasteiger partial charge in [0.05, 0.1) is 6.10 Å². The number of carbonyl (C=O) groups excluding carboxylic acids is 2. The molecule has 0 aliphatic rings. The summed E-state index contributed by atoms with van der Waals surface area (Å²) in [5.74, 6) is -0.471. The lowest BCUT2D eigenvalue weighted by molar-refractivity contribution is -0.125. The molecule has 94 valence electrons. The molecule has 16 heavy (non-hydrogen) atoms. The van der Waals surface area contributed by atoms with Gasteiger partial charge in [0.1, 0.15) is 11.6 Å². The van der Waals surface area contributed by atoms with E-state index in [0.29, 0.717) is 0 Å². The first-order chi connectivity index (χ1) is 7.17. The summed E-state index contributed by atoms with van der Waals surface area (Å²) in [6, 6.07) is -1.01. The minimum Gasteiger partial charge on any atom is -0.444 e. The van der Waals surface area contributed by atoms with Crippen LogP contribution in [0.3, 0.4) is 0 Å². The predicted molar refractivity (Wildman–Crippen MR) is 58.9 cm³/mol. The van der Waals surface area contributed by atoms with Gasteiger partial charge in [-0.05, 0) is 27.7 Å². The first-order valence-corrected chi connectivity index (χ1v) is 5.06. The van der Waals surface area contributed by atoms with Crippen molar-refractivity contribution in [3.8, 4) is 0 Å². The number of nitrogens with one attached hydrogen (secondary N) is 2. The van der Waals surface area contributed by atoms with Gasteiger partial charge in [0.2, 0.25) is 5.91 Å². The molecule has 0 aliphatic heterocycles. The summed E-state index contributed by atoms with van der Waals surface area (Å²) in [4.78, 5) is 22.7. The molecule has 0 unspecified atom stereocenters. The van der Waals surface area contributed by atoms with Crippen molar-refractivity contribution in [2.24, 2.45) is 0 Å². The van der Waals surface area contributed by atoms with E-state index < -0.39 is 29.7 Å². The van der Waals surface area contributed by atoms with Gasteiger partial charge in [0.25, 0.3) is 0 Å². The van der Waals surface area contributed by atoms with Crippen LogP contribution in [0.4, 0.5) is 4.79 Å². The monoisotopic (exact) mass is 232 g/mol. The van der Waals surface area contributed by atoms with Crippen molar-refractivity contribution in [3.63, 3.8) is 0 Å².